The third-order valence-corrected chi connectivity index (χ3v) is 5.71. The number of aromatic nitrogens is 4. The molecule has 5 rings (SSSR count). The van der Waals surface area contributed by atoms with Gasteiger partial charge in [-0.05, 0) is 18.2 Å². The van der Waals surface area contributed by atoms with Gasteiger partial charge in [-0.25, -0.2) is 28.1 Å². The number of alkyl halides is 5. The van der Waals surface area contributed by atoms with Crippen LogP contribution in [0.1, 0.15) is 16.8 Å². The molecule has 1 aliphatic rings. The normalized spacial score (nSPS) is 17.6. The van der Waals surface area contributed by atoms with Crippen LogP contribution in [0.2, 0.25) is 0 Å². The minimum Gasteiger partial charge on any atom is -0.463 e. The van der Waals surface area contributed by atoms with Crippen molar-refractivity contribution in [2.24, 2.45) is 0 Å². The number of esters is 1. The predicted octanol–water partition coefficient (Wildman–Crippen LogP) is 3.67. The molecule has 14 heteroatoms. The van der Waals surface area contributed by atoms with Gasteiger partial charge in [0.1, 0.15) is 5.56 Å². The summed E-state index contributed by atoms with van der Waals surface area (Å²) < 4.78 is 79.4. The molecule has 1 fully saturated rings. The molecule has 0 spiro atoms. The molecular weight excluding hydrogens is 505 g/mol. The third-order valence-electron chi connectivity index (χ3n) is 5.71. The Kier molecular flexibility index (Phi) is 5.88. The summed E-state index contributed by atoms with van der Waals surface area (Å²) in [5.74, 6) is -8.20. The van der Waals surface area contributed by atoms with E-state index in [1.54, 1.807) is 24.4 Å². The topological polar surface area (TPSA) is 98.9 Å². The van der Waals surface area contributed by atoms with Gasteiger partial charge in [-0.2, -0.15) is 18.3 Å². The van der Waals surface area contributed by atoms with Crippen LogP contribution in [0.5, 0.6) is 11.6 Å². The number of amides is 1. The molecule has 1 aromatic carbocycles. The standard InChI is InChI=1S/C23H16F5N5O4/c24-22(25)6-9-32(20(34)14-11-30-33-8-3-7-29-18(14)33)12-17(22)37-19-16(36-21(35)23(26,27)28)10-13-4-1-2-5-15(13)31-19/h1-5,7-8,10-11,17H,6,9,12H2/t17-/m0/s1. The average Bonchev–Trinajstić information content (AvgIpc) is 3.28. The van der Waals surface area contributed by atoms with E-state index in [9.17, 15) is 31.5 Å². The van der Waals surface area contributed by atoms with E-state index < -0.39 is 54.7 Å². The van der Waals surface area contributed by atoms with Crippen LogP contribution in [0.3, 0.4) is 0 Å². The second-order valence-corrected chi connectivity index (χ2v) is 8.19. The monoisotopic (exact) mass is 521 g/mol. The summed E-state index contributed by atoms with van der Waals surface area (Å²) in [6.07, 6.45) is -3.88. The van der Waals surface area contributed by atoms with Gasteiger partial charge in [-0.15, -0.1) is 0 Å². The van der Waals surface area contributed by atoms with E-state index in [1.165, 1.54) is 29.0 Å². The molecular formula is C23H16F5N5O4. The van der Waals surface area contributed by atoms with Crippen molar-refractivity contribution >= 4 is 28.4 Å². The molecule has 0 N–H and O–H groups in total. The molecule has 0 saturated carbocycles. The molecule has 1 amide bonds. The summed E-state index contributed by atoms with van der Waals surface area (Å²) in [7, 11) is 0. The number of piperidine rings is 1. The fourth-order valence-electron chi connectivity index (χ4n) is 3.86. The van der Waals surface area contributed by atoms with E-state index in [0.717, 1.165) is 11.0 Å². The number of hydrogen-bond acceptors (Lipinski definition) is 7. The predicted molar refractivity (Wildman–Crippen MR) is 116 cm³/mol. The maximum absolute atomic E-state index is 14.9. The van der Waals surface area contributed by atoms with Crippen molar-refractivity contribution in [3.63, 3.8) is 0 Å². The summed E-state index contributed by atoms with van der Waals surface area (Å²) in [4.78, 5) is 33.8. The van der Waals surface area contributed by atoms with Gasteiger partial charge in [0.15, 0.2) is 17.5 Å². The van der Waals surface area contributed by atoms with Crippen LogP contribution in [0, 0.1) is 0 Å². The number of carbonyl (C=O) groups excluding carboxylic acids is 2. The van der Waals surface area contributed by atoms with Gasteiger partial charge >= 0.3 is 12.1 Å². The number of halogens is 5. The summed E-state index contributed by atoms with van der Waals surface area (Å²) in [6.45, 7) is -0.950. The van der Waals surface area contributed by atoms with Gasteiger partial charge in [0.05, 0.1) is 18.3 Å². The smallest absolute Gasteiger partial charge is 0.463 e. The lowest BCUT2D eigenvalue weighted by Crippen LogP contribution is -2.55. The van der Waals surface area contributed by atoms with Crippen molar-refractivity contribution in [2.75, 3.05) is 13.1 Å². The molecule has 0 aliphatic carbocycles. The molecule has 4 aromatic rings. The van der Waals surface area contributed by atoms with Crippen molar-refractivity contribution in [1.29, 1.82) is 0 Å². The van der Waals surface area contributed by atoms with Crippen LogP contribution in [-0.2, 0) is 4.79 Å². The maximum Gasteiger partial charge on any atom is 0.491 e. The van der Waals surface area contributed by atoms with Gasteiger partial charge < -0.3 is 14.4 Å². The fraction of sp³-hybridized carbons (Fsp3) is 0.261. The maximum atomic E-state index is 14.9. The molecule has 0 unspecified atom stereocenters. The third kappa shape index (κ3) is 4.73. The quantitative estimate of drug-likeness (QED) is 0.299. The van der Waals surface area contributed by atoms with Crippen LogP contribution >= 0.6 is 0 Å². The Hall–Kier alpha value is -4.36. The first-order valence-corrected chi connectivity index (χ1v) is 10.8. The van der Waals surface area contributed by atoms with Crippen molar-refractivity contribution in [3.8, 4) is 11.6 Å². The molecule has 3 aromatic heterocycles. The van der Waals surface area contributed by atoms with Crippen LogP contribution in [0.25, 0.3) is 16.6 Å². The van der Waals surface area contributed by atoms with Crippen LogP contribution in [-0.4, -0.2) is 67.7 Å². The molecule has 1 atom stereocenters. The van der Waals surface area contributed by atoms with Crippen molar-refractivity contribution in [3.05, 3.63) is 60.6 Å². The lowest BCUT2D eigenvalue weighted by molar-refractivity contribution is -0.190. The molecule has 4 heterocycles. The molecule has 1 saturated heterocycles. The zero-order chi connectivity index (χ0) is 26.4. The fourth-order valence-corrected chi connectivity index (χ4v) is 3.86. The number of likely N-dealkylation sites (tertiary alicyclic amines) is 1. The Morgan fingerprint density at radius 1 is 1.14 bits per heavy atom. The lowest BCUT2D eigenvalue weighted by Gasteiger charge is -2.37. The highest BCUT2D eigenvalue weighted by molar-refractivity contribution is 5.99. The molecule has 9 nitrogen and oxygen atoms in total. The zero-order valence-corrected chi connectivity index (χ0v) is 18.7. The second kappa shape index (κ2) is 8.94. The first-order chi connectivity index (χ1) is 17.5. The number of carbonyl (C=O) groups is 2. The summed E-state index contributed by atoms with van der Waals surface area (Å²) in [5, 5.41) is 4.30. The van der Waals surface area contributed by atoms with Crippen LogP contribution in [0.4, 0.5) is 22.0 Å². The van der Waals surface area contributed by atoms with Crippen LogP contribution < -0.4 is 9.47 Å². The number of ether oxygens (including phenoxy) is 2. The molecule has 1 aliphatic heterocycles. The van der Waals surface area contributed by atoms with Gasteiger partial charge in [-0.1, -0.05) is 18.2 Å². The highest BCUT2D eigenvalue weighted by atomic mass is 19.4. The Morgan fingerprint density at radius 2 is 1.92 bits per heavy atom. The van der Waals surface area contributed by atoms with E-state index in [0.29, 0.717) is 0 Å². The van der Waals surface area contributed by atoms with E-state index >= 15 is 0 Å². The van der Waals surface area contributed by atoms with Gasteiger partial charge in [0.25, 0.3) is 17.7 Å². The van der Waals surface area contributed by atoms with Gasteiger partial charge in [0.2, 0.25) is 0 Å². The summed E-state index contributed by atoms with van der Waals surface area (Å²) in [5.41, 5.74) is 0.502. The zero-order valence-electron chi connectivity index (χ0n) is 18.7. The first kappa shape index (κ1) is 24.3. The second-order valence-electron chi connectivity index (χ2n) is 8.19. The van der Waals surface area contributed by atoms with E-state index in [2.05, 4.69) is 19.8 Å². The number of pyridine rings is 1. The number of para-hydroxylation sites is 1. The summed E-state index contributed by atoms with van der Waals surface area (Å²) >= 11 is 0. The summed E-state index contributed by atoms with van der Waals surface area (Å²) in [6, 6.07) is 8.73. The Morgan fingerprint density at radius 3 is 2.70 bits per heavy atom. The molecule has 0 bridgehead atoms. The number of fused-ring (bicyclic) bond motifs is 2. The van der Waals surface area contributed by atoms with Gasteiger partial charge in [0, 0.05) is 30.7 Å². The van der Waals surface area contributed by atoms with E-state index in [1.807, 2.05) is 0 Å². The molecule has 192 valence electrons. The van der Waals surface area contributed by atoms with Crippen molar-refractivity contribution in [2.45, 2.75) is 24.6 Å². The number of rotatable bonds is 4. The molecule has 0 radical (unpaired) electrons. The van der Waals surface area contributed by atoms with Crippen molar-refractivity contribution < 1.29 is 41.0 Å². The number of benzene rings is 1. The number of nitrogens with zero attached hydrogens (tertiary/aromatic N) is 5. The average molecular weight is 521 g/mol. The lowest BCUT2D eigenvalue weighted by atomic mass is 10.0. The van der Waals surface area contributed by atoms with Crippen LogP contribution in [0.15, 0.2) is 55.0 Å². The highest BCUT2D eigenvalue weighted by Gasteiger charge is 2.48. The highest BCUT2D eigenvalue weighted by Crippen LogP contribution is 2.37. The minimum absolute atomic E-state index is 0.0770. The Labute approximate surface area is 204 Å². The SMILES string of the molecule is O=C(c1cnn2cccnc12)N1CCC(F)(F)[C@@H](Oc2nc3ccccc3cc2OC(=O)C(F)(F)F)C1. The number of hydrogen-bond donors (Lipinski definition) is 0. The Bertz CT molecular complexity index is 1510. The van der Waals surface area contributed by atoms with Gasteiger partial charge in [-0.3, -0.25) is 4.79 Å². The Balaban J connectivity index is 1.46. The van der Waals surface area contributed by atoms with E-state index in [-0.39, 0.29) is 28.7 Å². The molecule has 37 heavy (non-hydrogen) atoms. The van der Waals surface area contributed by atoms with Crippen molar-refractivity contribution in [1.82, 2.24) is 24.5 Å². The largest absolute Gasteiger partial charge is 0.491 e. The van der Waals surface area contributed by atoms with E-state index in [4.69, 9.17) is 4.74 Å². The minimum atomic E-state index is -5.34. The first-order valence-electron chi connectivity index (χ1n) is 10.8.